The molecule has 0 aliphatic heterocycles. The molecule has 0 saturated carbocycles. The maximum absolute atomic E-state index is 10.6. The number of hydrogen-bond acceptors (Lipinski definition) is 2. The number of fused-ring (bicyclic) bond motifs is 1. The topological polar surface area (TPSA) is 46.2 Å². The van der Waals surface area contributed by atoms with Gasteiger partial charge < -0.3 is 10.8 Å². The highest BCUT2D eigenvalue weighted by atomic mass is 16.3. The van der Waals surface area contributed by atoms with E-state index in [4.69, 9.17) is 5.73 Å². The molecule has 1 aliphatic rings. The zero-order valence-electron chi connectivity index (χ0n) is 10.8. The first-order valence-electron chi connectivity index (χ1n) is 6.62. The second kappa shape index (κ2) is 4.79. The van der Waals surface area contributed by atoms with E-state index in [1.807, 2.05) is 0 Å². The monoisotopic (exact) mass is 233 g/mol. The summed E-state index contributed by atoms with van der Waals surface area (Å²) in [6.07, 6.45) is 2.68. The van der Waals surface area contributed by atoms with Gasteiger partial charge in [-0.05, 0) is 29.9 Å². The zero-order valence-corrected chi connectivity index (χ0v) is 10.8. The second-order valence-corrected chi connectivity index (χ2v) is 5.35. The fraction of sp³-hybridized carbons (Fsp3) is 0.600. The molecule has 1 aromatic carbocycles. The van der Waals surface area contributed by atoms with Crippen LogP contribution in [0.5, 0.6) is 0 Å². The van der Waals surface area contributed by atoms with Crippen LogP contribution in [0.2, 0.25) is 0 Å². The molecule has 2 heteroatoms. The Kier molecular flexibility index (Phi) is 3.55. The molecule has 0 fully saturated rings. The van der Waals surface area contributed by atoms with Gasteiger partial charge in [0.25, 0.3) is 0 Å². The lowest BCUT2D eigenvalue weighted by atomic mass is 9.72. The fourth-order valence-corrected chi connectivity index (χ4v) is 3.12. The molecule has 17 heavy (non-hydrogen) atoms. The van der Waals surface area contributed by atoms with E-state index in [0.29, 0.717) is 12.5 Å². The van der Waals surface area contributed by atoms with Crippen molar-refractivity contribution in [3.8, 4) is 0 Å². The molecule has 0 heterocycles. The van der Waals surface area contributed by atoms with Crippen molar-refractivity contribution in [1.29, 1.82) is 0 Å². The summed E-state index contributed by atoms with van der Waals surface area (Å²) < 4.78 is 0. The Bertz CT molecular complexity index is 390. The van der Waals surface area contributed by atoms with Crippen LogP contribution >= 0.6 is 0 Å². The number of benzene rings is 1. The first-order chi connectivity index (χ1) is 8.15. The van der Waals surface area contributed by atoms with Crippen molar-refractivity contribution >= 4 is 0 Å². The number of aryl methyl sites for hydroxylation is 1. The van der Waals surface area contributed by atoms with Crippen LogP contribution in [-0.2, 0) is 11.8 Å². The summed E-state index contributed by atoms with van der Waals surface area (Å²) in [6, 6.07) is 8.43. The molecular formula is C15H23NO. The number of rotatable bonds is 4. The predicted octanol–water partition coefficient (Wildman–Crippen LogP) is 2.24. The van der Waals surface area contributed by atoms with Gasteiger partial charge in [-0.1, -0.05) is 44.5 Å². The molecule has 0 aromatic heterocycles. The van der Waals surface area contributed by atoms with Gasteiger partial charge in [0.05, 0.1) is 6.10 Å². The highest BCUT2D eigenvalue weighted by Gasteiger charge is 2.44. The van der Waals surface area contributed by atoms with Crippen molar-refractivity contribution < 1.29 is 5.11 Å². The lowest BCUT2D eigenvalue weighted by Crippen LogP contribution is -2.47. The Morgan fingerprint density at radius 2 is 2.12 bits per heavy atom. The molecule has 1 aliphatic carbocycles. The van der Waals surface area contributed by atoms with Crippen LogP contribution in [-0.4, -0.2) is 17.8 Å². The van der Waals surface area contributed by atoms with Crippen molar-refractivity contribution in [3.63, 3.8) is 0 Å². The quantitative estimate of drug-likeness (QED) is 0.837. The van der Waals surface area contributed by atoms with E-state index in [0.717, 1.165) is 19.3 Å². The Morgan fingerprint density at radius 1 is 1.41 bits per heavy atom. The van der Waals surface area contributed by atoms with E-state index in [1.54, 1.807) is 0 Å². The maximum atomic E-state index is 10.6. The van der Waals surface area contributed by atoms with Gasteiger partial charge in [-0.2, -0.15) is 0 Å². The first-order valence-corrected chi connectivity index (χ1v) is 6.62. The van der Waals surface area contributed by atoms with Crippen LogP contribution in [0, 0.1) is 5.92 Å². The van der Waals surface area contributed by atoms with E-state index in [9.17, 15) is 5.11 Å². The Hall–Kier alpha value is -0.860. The number of nitrogens with two attached hydrogens (primary N) is 1. The third-order valence-electron chi connectivity index (χ3n) is 4.51. The van der Waals surface area contributed by atoms with Crippen LogP contribution in [0.25, 0.3) is 0 Å². The SMILES string of the molecule is CCC(C)C(O)C1(CN)CCc2ccccc21. The van der Waals surface area contributed by atoms with Gasteiger partial charge in [0.2, 0.25) is 0 Å². The van der Waals surface area contributed by atoms with Gasteiger partial charge >= 0.3 is 0 Å². The van der Waals surface area contributed by atoms with Crippen molar-refractivity contribution in [2.45, 2.75) is 44.6 Å². The molecule has 3 atom stereocenters. The lowest BCUT2D eigenvalue weighted by molar-refractivity contribution is 0.0360. The van der Waals surface area contributed by atoms with Crippen LogP contribution in [0.3, 0.4) is 0 Å². The maximum Gasteiger partial charge on any atom is 0.0674 e. The van der Waals surface area contributed by atoms with Crippen molar-refractivity contribution in [1.82, 2.24) is 0 Å². The molecule has 0 radical (unpaired) electrons. The minimum Gasteiger partial charge on any atom is -0.392 e. The minimum atomic E-state index is -0.332. The summed E-state index contributed by atoms with van der Waals surface area (Å²) in [7, 11) is 0. The molecule has 3 unspecified atom stereocenters. The van der Waals surface area contributed by atoms with E-state index in [1.165, 1.54) is 11.1 Å². The average molecular weight is 233 g/mol. The summed E-state index contributed by atoms with van der Waals surface area (Å²) in [5.41, 5.74) is 8.44. The molecule has 3 N–H and O–H groups in total. The zero-order chi connectivity index (χ0) is 12.5. The fourth-order valence-electron chi connectivity index (χ4n) is 3.12. The van der Waals surface area contributed by atoms with Crippen LogP contribution in [0.15, 0.2) is 24.3 Å². The normalized spacial score (nSPS) is 26.6. The van der Waals surface area contributed by atoms with E-state index in [2.05, 4.69) is 38.1 Å². The molecule has 2 nitrogen and oxygen atoms in total. The number of aliphatic hydroxyl groups excluding tert-OH is 1. The van der Waals surface area contributed by atoms with Gasteiger partial charge in [0, 0.05) is 12.0 Å². The number of hydrogen-bond donors (Lipinski definition) is 2. The Morgan fingerprint density at radius 3 is 2.76 bits per heavy atom. The van der Waals surface area contributed by atoms with Gasteiger partial charge in [0.15, 0.2) is 0 Å². The number of aliphatic hydroxyl groups is 1. The smallest absolute Gasteiger partial charge is 0.0674 e. The third-order valence-corrected chi connectivity index (χ3v) is 4.51. The summed E-state index contributed by atoms with van der Waals surface area (Å²) in [5.74, 6) is 0.296. The molecule has 94 valence electrons. The Balaban J connectivity index is 2.40. The van der Waals surface area contributed by atoms with Crippen LogP contribution in [0.4, 0.5) is 0 Å². The summed E-state index contributed by atoms with van der Waals surface area (Å²) >= 11 is 0. The average Bonchev–Trinajstić information content (AvgIpc) is 2.77. The lowest BCUT2D eigenvalue weighted by Gasteiger charge is -2.37. The second-order valence-electron chi connectivity index (χ2n) is 5.35. The van der Waals surface area contributed by atoms with Gasteiger partial charge in [0.1, 0.15) is 0 Å². The summed E-state index contributed by atoms with van der Waals surface area (Å²) in [5, 5.41) is 10.6. The molecule has 0 amide bonds. The molecule has 0 saturated heterocycles. The van der Waals surface area contributed by atoms with Gasteiger partial charge in [-0.15, -0.1) is 0 Å². The van der Waals surface area contributed by atoms with Gasteiger partial charge in [-0.3, -0.25) is 0 Å². The molecule has 2 rings (SSSR count). The van der Waals surface area contributed by atoms with E-state index >= 15 is 0 Å². The van der Waals surface area contributed by atoms with E-state index in [-0.39, 0.29) is 11.5 Å². The summed E-state index contributed by atoms with van der Waals surface area (Å²) in [6.45, 7) is 4.78. The predicted molar refractivity (Wildman–Crippen MR) is 71.0 cm³/mol. The molecule has 0 bridgehead atoms. The van der Waals surface area contributed by atoms with Crippen molar-refractivity contribution in [2.75, 3.05) is 6.54 Å². The van der Waals surface area contributed by atoms with Crippen LogP contribution < -0.4 is 5.73 Å². The van der Waals surface area contributed by atoms with Gasteiger partial charge in [-0.25, -0.2) is 0 Å². The minimum absolute atomic E-state index is 0.216. The highest BCUT2D eigenvalue weighted by Crippen LogP contribution is 2.43. The third kappa shape index (κ3) is 1.90. The highest BCUT2D eigenvalue weighted by molar-refractivity contribution is 5.41. The molecular weight excluding hydrogens is 210 g/mol. The van der Waals surface area contributed by atoms with Crippen molar-refractivity contribution in [3.05, 3.63) is 35.4 Å². The summed E-state index contributed by atoms with van der Waals surface area (Å²) in [4.78, 5) is 0. The standard InChI is InChI=1S/C15H23NO/c1-3-11(2)14(17)15(10-16)9-8-12-6-4-5-7-13(12)15/h4-7,11,14,17H,3,8-10,16H2,1-2H3. The first kappa shape index (κ1) is 12.6. The largest absolute Gasteiger partial charge is 0.392 e. The van der Waals surface area contributed by atoms with E-state index < -0.39 is 0 Å². The molecule has 0 spiro atoms. The molecule has 1 aromatic rings. The van der Waals surface area contributed by atoms with Crippen LogP contribution in [0.1, 0.15) is 37.8 Å². The van der Waals surface area contributed by atoms with Crippen molar-refractivity contribution in [2.24, 2.45) is 11.7 Å². The Labute approximate surface area is 104 Å².